The standard InChI is InChI=1S/C20H23ClN4O5S/c1-15-16(5-4-8-18(15)25(27)28)20(26)22-9-14-31(29,30)24-12-10-23(11-13-24)19-7-3-2-6-17(19)21/h2-8H,9-14H2,1H3,(H,22,26). The van der Waals surface area contributed by atoms with E-state index in [1.165, 1.54) is 29.4 Å². The van der Waals surface area contributed by atoms with Gasteiger partial charge >= 0.3 is 0 Å². The number of nitrogens with one attached hydrogen (secondary N) is 1. The third-order valence-corrected chi connectivity index (χ3v) is 7.41. The van der Waals surface area contributed by atoms with Crippen LogP contribution in [0.15, 0.2) is 42.5 Å². The molecule has 0 saturated carbocycles. The molecular weight excluding hydrogens is 444 g/mol. The van der Waals surface area contributed by atoms with Gasteiger partial charge < -0.3 is 10.2 Å². The Kier molecular flexibility index (Phi) is 7.14. The summed E-state index contributed by atoms with van der Waals surface area (Å²) in [6, 6.07) is 11.6. The second-order valence-electron chi connectivity index (χ2n) is 7.12. The first-order valence-electron chi connectivity index (χ1n) is 9.70. The van der Waals surface area contributed by atoms with Gasteiger partial charge in [0.1, 0.15) is 0 Å². The summed E-state index contributed by atoms with van der Waals surface area (Å²) in [6.07, 6.45) is 0. The number of benzene rings is 2. The Morgan fingerprint density at radius 3 is 2.45 bits per heavy atom. The highest BCUT2D eigenvalue weighted by molar-refractivity contribution is 7.89. The van der Waals surface area contributed by atoms with Gasteiger partial charge in [-0.15, -0.1) is 0 Å². The molecule has 11 heteroatoms. The molecule has 0 spiro atoms. The van der Waals surface area contributed by atoms with Crippen LogP contribution in [0.4, 0.5) is 11.4 Å². The van der Waals surface area contributed by atoms with Gasteiger partial charge in [0.15, 0.2) is 0 Å². The molecule has 3 rings (SSSR count). The molecule has 1 N–H and O–H groups in total. The van der Waals surface area contributed by atoms with E-state index < -0.39 is 20.9 Å². The van der Waals surface area contributed by atoms with E-state index in [9.17, 15) is 23.3 Å². The van der Waals surface area contributed by atoms with E-state index >= 15 is 0 Å². The molecular formula is C20H23ClN4O5S. The lowest BCUT2D eigenvalue weighted by Gasteiger charge is -2.35. The SMILES string of the molecule is Cc1c(C(=O)NCCS(=O)(=O)N2CCN(c3ccccc3Cl)CC2)cccc1[N+](=O)[O-]. The fourth-order valence-electron chi connectivity index (χ4n) is 3.50. The van der Waals surface area contributed by atoms with Gasteiger partial charge in [-0.25, -0.2) is 8.42 Å². The summed E-state index contributed by atoms with van der Waals surface area (Å²) in [7, 11) is -3.56. The number of carbonyl (C=O) groups is 1. The summed E-state index contributed by atoms with van der Waals surface area (Å²) < 4.78 is 26.7. The number of sulfonamides is 1. The van der Waals surface area contributed by atoms with Gasteiger partial charge in [-0.3, -0.25) is 14.9 Å². The maximum atomic E-state index is 12.7. The number of piperazine rings is 1. The highest BCUT2D eigenvalue weighted by Crippen LogP contribution is 2.26. The molecule has 31 heavy (non-hydrogen) atoms. The van der Waals surface area contributed by atoms with Crippen LogP contribution in [-0.4, -0.2) is 62.0 Å². The Hall–Kier alpha value is -2.69. The van der Waals surface area contributed by atoms with Gasteiger partial charge in [0.2, 0.25) is 10.0 Å². The molecule has 1 aliphatic rings. The molecule has 0 aromatic heterocycles. The van der Waals surface area contributed by atoms with Crippen LogP contribution in [0, 0.1) is 17.0 Å². The molecule has 1 aliphatic heterocycles. The van der Waals surface area contributed by atoms with Crippen LogP contribution >= 0.6 is 11.6 Å². The fourth-order valence-corrected chi connectivity index (χ4v) is 5.09. The third kappa shape index (κ3) is 5.33. The zero-order valence-corrected chi connectivity index (χ0v) is 18.5. The van der Waals surface area contributed by atoms with Gasteiger partial charge in [0.25, 0.3) is 11.6 Å². The summed E-state index contributed by atoms with van der Waals surface area (Å²) in [5.41, 5.74) is 1.11. The largest absolute Gasteiger partial charge is 0.368 e. The number of nitro benzene ring substituents is 1. The smallest absolute Gasteiger partial charge is 0.273 e. The van der Waals surface area contributed by atoms with Crippen LogP contribution < -0.4 is 10.2 Å². The Balaban J connectivity index is 1.54. The Morgan fingerprint density at radius 2 is 1.81 bits per heavy atom. The first-order valence-corrected chi connectivity index (χ1v) is 11.7. The molecule has 1 amide bonds. The monoisotopic (exact) mass is 466 g/mol. The van der Waals surface area contributed by atoms with Crippen molar-refractivity contribution in [1.82, 2.24) is 9.62 Å². The van der Waals surface area contributed by atoms with Crippen molar-refractivity contribution in [3.63, 3.8) is 0 Å². The van der Waals surface area contributed by atoms with Gasteiger partial charge in [-0.05, 0) is 25.1 Å². The molecule has 0 unspecified atom stereocenters. The second-order valence-corrected chi connectivity index (χ2v) is 9.61. The lowest BCUT2D eigenvalue weighted by Crippen LogP contribution is -2.50. The highest BCUT2D eigenvalue weighted by Gasteiger charge is 2.27. The topological polar surface area (TPSA) is 113 Å². The molecule has 166 valence electrons. The van der Waals surface area contributed by atoms with Crippen molar-refractivity contribution in [2.45, 2.75) is 6.92 Å². The number of nitro groups is 1. The summed E-state index contributed by atoms with van der Waals surface area (Å²) >= 11 is 6.22. The maximum absolute atomic E-state index is 12.7. The molecule has 2 aromatic carbocycles. The van der Waals surface area contributed by atoms with Crippen molar-refractivity contribution in [2.24, 2.45) is 0 Å². The number of hydrogen-bond acceptors (Lipinski definition) is 6. The molecule has 0 atom stereocenters. The lowest BCUT2D eigenvalue weighted by atomic mass is 10.1. The van der Waals surface area contributed by atoms with Crippen molar-refractivity contribution in [2.75, 3.05) is 43.4 Å². The van der Waals surface area contributed by atoms with Crippen LogP contribution in [0.2, 0.25) is 5.02 Å². The zero-order chi connectivity index (χ0) is 22.6. The van der Waals surface area contributed by atoms with Gasteiger partial charge in [-0.2, -0.15) is 4.31 Å². The summed E-state index contributed by atoms with van der Waals surface area (Å²) in [4.78, 5) is 24.9. The Labute approximate surface area is 185 Å². The number of carbonyl (C=O) groups excluding carboxylic acids is 1. The predicted octanol–water partition coefficient (Wildman–Crippen LogP) is 2.44. The minimum absolute atomic E-state index is 0.0893. The summed E-state index contributed by atoms with van der Waals surface area (Å²) in [6.45, 7) is 3.08. The highest BCUT2D eigenvalue weighted by atomic mass is 35.5. The zero-order valence-electron chi connectivity index (χ0n) is 17.0. The lowest BCUT2D eigenvalue weighted by molar-refractivity contribution is -0.385. The van der Waals surface area contributed by atoms with Crippen molar-refractivity contribution in [3.05, 3.63) is 68.7 Å². The summed E-state index contributed by atoms with van der Waals surface area (Å²) in [5.74, 6) is -0.793. The van der Waals surface area contributed by atoms with Gasteiger partial charge in [0, 0.05) is 49.9 Å². The van der Waals surface area contributed by atoms with E-state index in [2.05, 4.69) is 5.32 Å². The van der Waals surface area contributed by atoms with Crippen molar-refractivity contribution in [3.8, 4) is 0 Å². The predicted molar refractivity (Wildman–Crippen MR) is 119 cm³/mol. The Bertz CT molecular complexity index is 1080. The minimum Gasteiger partial charge on any atom is -0.368 e. The number of amides is 1. The van der Waals surface area contributed by atoms with E-state index in [4.69, 9.17) is 11.6 Å². The molecule has 0 aliphatic carbocycles. The van der Waals surface area contributed by atoms with Crippen LogP contribution in [-0.2, 0) is 10.0 Å². The number of halogens is 1. The second kappa shape index (κ2) is 9.63. The van der Waals surface area contributed by atoms with Crippen LogP contribution in [0.1, 0.15) is 15.9 Å². The third-order valence-electron chi connectivity index (χ3n) is 5.22. The number of para-hydroxylation sites is 1. The normalized spacial score (nSPS) is 15.0. The van der Waals surface area contributed by atoms with Gasteiger partial charge in [0.05, 0.1) is 21.4 Å². The first-order chi connectivity index (χ1) is 14.7. The van der Waals surface area contributed by atoms with Gasteiger partial charge in [-0.1, -0.05) is 29.8 Å². The van der Waals surface area contributed by atoms with Crippen LogP contribution in [0.3, 0.4) is 0 Å². The molecule has 9 nitrogen and oxygen atoms in total. The first kappa shape index (κ1) is 23.0. The van der Waals surface area contributed by atoms with Crippen molar-refractivity contribution < 1.29 is 18.1 Å². The summed E-state index contributed by atoms with van der Waals surface area (Å²) in [5, 5.41) is 14.2. The number of rotatable bonds is 7. The number of anilines is 1. The van der Waals surface area contributed by atoms with E-state index in [0.717, 1.165) is 5.69 Å². The molecule has 0 bridgehead atoms. The molecule has 1 saturated heterocycles. The molecule has 1 fully saturated rings. The maximum Gasteiger partial charge on any atom is 0.273 e. The van der Waals surface area contributed by atoms with Crippen molar-refractivity contribution >= 4 is 38.9 Å². The van der Waals surface area contributed by atoms with E-state index in [1.807, 2.05) is 23.1 Å². The minimum atomic E-state index is -3.56. The van der Waals surface area contributed by atoms with E-state index in [1.54, 1.807) is 6.07 Å². The van der Waals surface area contributed by atoms with Crippen molar-refractivity contribution in [1.29, 1.82) is 0 Å². The number of hydrogen-bond donors (Lipinski definition) is 1. The average molecular weight is 467 g/mol. The van der Waals surface area contributed by atoms with E-state index in [0.29, 0.717) is 31.2 Å². The number of nitrogens with zero attached hydrogens (tertiary/aromatic N) is 3. The fraction of sp³-hybridized carbons (Fsp3) is 0.350. The van der Waals surface area contributed by atoms with Crippen LogP contribution in [0.5, 0.6) is 0 Å². The Morgan fingerprint density at radius 1 is 1.13 bits per heavy atom. The molecule has 0 radical (unpaired) electrons. The van der Waals surface area contributed by atoms with Crippen LogP contribution in [0.25, 0.3) is 0 Å². The average Bonchev–Trinajstić information content (AvgIpc) is 2.74. The molecule has 1 heterocycles. The molecule has 2 aromatic rings. The van der Waals surface area contributed by atoms with E-state index in [-0.39, 0.29) is 29.1 Å². The quantitative estimate of drug-likeness (QED) is 0.495.